The van der Waals surface area contributed by atoms with Gasteiger partial charge in [0.15, 0.2) is 0 Å². The number of pyridine rings is 1. The van der Waals surface area contributed by atoms with E-state index in [1.165, 1.54) is 0 Å². The molecule has 16 heavy (non-hydrogen) atoms. The maximum Gasteiger partial charge on any atom is 0.307 e. The number of anilines is 1. The molecule has 1 aromatic rings. The van der Waals surface area contributed by atoms with Crippen LogP contribution in [0.15, 0.2) is 24.5 Å². The molecular weight excluding hydrogens is 206 g/mol. The van der Waals surface area contributed by atoms with Crippen LogP contribution < -0.4 is 11.1 Å². The third-order valence-corrected chi connectivity index (χ3v) is 1.95. The third-order valence-electron chi connectivity index (χ3n) is 1.95. The first kappa shape index (κ1) is 12.4. The summed E-state index contributed by atoms with van der Waals surface area (Å²) in [6, 6.07) is 3.69. The van der Waals surface area contributed by atoms with Gasteiger partial charge in [0, 0.05) is 24.6 Å². The molecule has 0 spiro atoms. The fourth-order valence-corrected chi connectivity index (χ4v) is 1.12. The van der Waals surface area contributed by atoms with E-state index in [1.54, 1.807) is 12.4 Å². The lowest BCUT2D eigenvalue weighted by molar-refractivity contribution is -0.143. The molecular formula is C11H17N3O2. The van der Waals surface area contributed by atoms with Crippen LogP contribution in [0, 0.1) is 0 Å². The fraction of sp³-hybridized carbons (Fsp3) is 0.455. The van der Waals surface area contributed by atoms with Gasteiger partial charge in [-0.2, -0.15) is 0 Å². The molecule has 1 rings (SSSR count). The minimum absolute atomic E-state index is 0.199. The number of carbonyl (C=O) groups is 1. The van der Waals surface area contributed by atoms with Crippen LogP contribution in [0.5, 0.6) is 0 Å². The summed E-state index contributed by atoms with van der Waals surface area (Å²) < 4.78 is 4.95. The van der Waals surface area contributed by atoms with E-state index in [4.69, 9.17) is 10.5 Å². The predicted molar refractivity (Wildman–Crippen MR) is 62.0 cm³/mol. The van der Waals surface area contributed by atoms with Crippen molar-refractivity contribution in [2.24, 2.45) is 5.73 Å². The van der Waals surface area contributed by atoms with Gasteiger partial charge in [-0.05, 0) is 25.1 Å². The summed E-state index contributed by atoms with van der Waals surface area (Å²) in [5.41, 5.74) is 6.23. The second kappa shape index (κ2) is 7.64. The van der Waals surface area contributed by atoms with Crippen LogP contribution in [-0.4, -0.2) is 30.6 Å². The van der Waals surface area contributed by atoms with E-state index in [9.17, 15) is 4.79 Å². The summed E-state index contributed by atoms with van der Waals surface area (Å²) in [5.74, 6) is -0.199. The molecule has 0 bridgehead atoms. The highest BCUT2D eigenvalue weighted by molar-refractivity contribution is 5.70. The van der Waals surface area contributed by atoms with Crippen LogP contribution >= 0.6 is 0 Å². The molecule has 0 unspecified atom stereocenters. The predicted octanol–water partition coefficient (Wildman–Crippen LogP) is 0.776. The standard InChI is InChI=1S/C11H17N3O2/c12-5-1-9-16-11(15)4-8-14-10-2-6-13-7-3-10/h2-3,6-7H,1,4-5,8-9,12H2,(H,13,14). The molecule has 0 aromatic carbocycles. The SMILES string of the molecule is NCCCOC(=O)CCNc1ccncc1. The summed E-state index contributed by atoms with van der Waals surface area (Å²) in [4.78, 5) is 15.1. The second-order valence-electron chi connectivity index (χ2n) is 3.28. The van der Waals surface area contributed by atoms with E-state index in [0.29, 0.717) is 32.5 Å². The number of aromatic nitrogens is 1. The highest BCUT2D eigenvalue weighted by Gasteiger charge is 2.01. The number of ether oxygens (including phenoxy) is 1. The van der Waals surface area contributed by atoms with E-state index < -0.39 is 0 Å². The summed E-state index contributed by atoms with van der Waals surface area (Å²) in [6.07, 6.45) is 4.46. The maximum atomic E-state index is 11.2. The summed E-state index contributed by atoms with van der Waals surface area (Å²) in [7, 11) is 0. The van der Waals surface area contributed by atoms with Crippen molar-refractivity contribution in [3.8, 4) is 0 Å². The monoisotopic (exact) mass is 223 g/mol. The summed E-state index contributed by atoms with van der Waals surface area (Å²) in [6.45, 7) is 1.51. The van der Waals surface area contributed by atoms with Gasteiger partial charge in [0.05, 0.1) is 13.0 Å². The van der Waals surface area contributed by atoms with Gasteiger partial charge in [-0.25, -0.2) is 0 Å². The van der Waals surface area contributed by atoms with Crippen molar-refractivity contribution in [1.82, 2.24) is 4.98 Å². The molecule has 0 aliphatic heterocycles. The van der Waals surface area contributed by atoms with Crippen molar-refractivity contribution in [3.63, 3.8) is 0 Å². The van der Waals surface area contributed by atoms with Crippen molar-refractivity contribution in [2.75, 3.05) is 25.0 Å². The quantitative estimate of drug-likeness (QED) is 0.527. The number of carbonyl (C=O) groups excluding carboxylic acids is 1. The van der Waals surface area contributed by atoms with Gasteiger partial charge in [0.1, 0.15) is 0 Å². The molecule has 5 heteroatoms. The number of hydrogen-bond donors (Lipinski definition) is 2. The van der Waals surface area contributed by atoms with Crippen LogP contribution in [0.1, 0.15) is 12.8 Å². The summed E-state index contributed by atoms with van der Waals surface area (Å²) >= 11 is 0. The van der Waals surface area contributed by atoms with Crippen molar-refractivity contribution in [3.05, 3.63) is 24.5 Å². The molecule has 0 radical (unpaired) electrons. The van der Waals surface area contributed by atoms with Crippen LogP contribution in [0.25, 0.3) is 0 Å². The Labute approximate surface area is 95.0 Å². The van der Waals surface area contributed by atoms with Crippen molar-refractivity contribution < 1.29 is 9.53 Å². The Hall–Kier alpha value is -1.62. The Morgan fingerprint density at radius 1 is 1.44 bits per heavy atom. The number of esters is 1. The molecule has 0 fully saturated rings. The second-order valence-corrected chi connectivity index (χ2v) is 3.28. The van der Waals surface area contributed by atoms with Crippen LogP contribution in [0.3, 0.4) is 0 Å². The maximum absolute atomic E-state index is 11.2. The minimum atomic E-state index is -0.199. The molecule has 0 atom stereocenters. The first-order valence-electron chi connectivity index (χ1n) is 5.32. The van der Waals surface area contributed by atoms with Gasteiger partial charge >= 0.3 is 5.97 Å². The molecule has 0 saturated carbocycles. The molecule has 3 N–H and O–H groups in total. The van der Waals surface area contributed by atoms with Crippen molar-refractivity contribution in [2.45, 2.75) is 12.8 Å². The Bertz CT molecular complexity index is 303. The minimum Gasteiger partial charge on any atom is -0.466 e. The molecule has 0 amide bonds. The molecule has 1 heterocycles. The van der Waals surface area contributed by atoms with E-state index in [-0.39, 0.29) is 5.97 Å². The zero-order chi connectivity index (χ0) is 11.6. The lowest BCUT2D eigenvalue weighted by atomic mass is 10.3. The zero-order valence-electron chi connectivity index (χ0n) is 9.19. The number of nitrogens with one attached hydrogen (secondary N) is 1. The Morgan fingerprint density at radius 2 is 2.19 bits per heavy atom. The average molecular weight is 223 g/mol. The fourth-order valence-electron chi connectivity index (χ4n) is 1.12. The Kier molecular flexibility index (Phi) is 5.95. The first-order valence-corrected chi connectivity index (χ1v) is 5.32. The van der Waals surface area contributed by atoms with Gasteiger partial charge in [-0.3, -0.25) is 9.78 Å². The van der Waals surface area contributed by atoms with Crippen molar-refractivity contribution >= 4 is 11.7 Å². The summed E-state index contributed by atoms with van der Waals surface area (Å²) in [5, 5.41) is 3.10. The van der Waals surface area contributed by atoms with Gasteiger partial charge in [0.25, 0.3) is 0 Å². The third kappa shape index (κ3) is 5.31. The lowest BCUT2D eigenvalue weighted by Gasteiger charge is -2.06. The first-order chi connectivity index (χ1) is 7.83. The zero-order valence-corrected chi connectivity index (χ0v) is 9.19. The number of hydrogen-bond acceptors (Lipinski definition) is 5. The van der Waals surface area contributed by atoms with Crippen LogP contribution in [-0.2, 0) is 9.53 Å². The molecule has 5 nitrogen and oxygen atoms in total. The number of nitrogens with two attached hydrogens (primary N) is 1. The topological polar surface area (TPSA) is 77.2 Å². The van der Waals surface area contributed by atoms with E-state index in [1.807, 2.05) is 12.1 Å². The highest BCUT2D eigenvalue weighted by atomic mass is 16.5. The Balaban J connectivity index is 2.09. The van der Waals surface area contributed by atoms with Crippen LogP contribution in [0.4, 0.5) is 5.69 Å². The Morgan fingerprint density at radius 3 is 2.88 bits per heavy atom. The largest absolute Gasteiger partial charge is 0.466 e. The lowest BCUT2D eigenvalue weighted by Crippen LogP contribution is -2.13. The van der Waals surface area contributed by atoms with Gasteiger partial charge in [-0.1, -0.05) is 0 Å². The van der Waals surface area contributed by atoms with Crippen LogP contribution in [0.2, 0.25) is 0 Å². The van der Waals surface area contributed by atoms with Crippen molar-refractivity contribution in [1.29, 1.82) is 0 Å². The number of nitrogens with zero attached hydrogens (tertiary/aromatic N) is 1. The van der Waals surface area contributed by atoms with E-state index >= 15 is 0 Å². The molecule has 0 aliphatic rings. The smallest absolute Gasteiger partial charge is 0.307 e. The molecule has 0 saturated heterocycles. The molecule has 88 valence electrons. The van der Waals surface area contributed by atoms with Gasteiger partial charge in [-0.15, -0.1) is 0 Å². The van der Waals surface area contributed by atoms with E-state index in [2.05, 4.69) is 10.3 Å². The van der Waals surface area contributed by atoms with E-state index in [0.717, 1.165) is 5.69 Å². The molecule has 1 aromatic heterocycles. The number of rotatable bonds is 7. The van der Waals surface area contributed by atoms with Gasteiger partial charge in [0.2, 0.25) is 0 Å². The normalized spacial score (nSPS) is 9.81. The molecule has 0 aliphatic carbocycles. The highest BCUT2D eigenvalue weighted by Crippen LogP contribution is 2.02. The van der Waals surface area contributed by atoms with Gasteiger partial charge < -0.3 is 15.8 Å². The average Bonchev–Trinajstić information content (AvgIpc) is 2.31.